The standard InChI is InChI=1S/C22H27N5O7PS2.2C2HF3O2/c1-15-18-10-19(31-8-2-6-23)20(32-9-3-7-24)11-21(18)36-22(15)37(29,30)27-14-33-35(28)34-17-5-4-16(12-25)26-13-17;2*3-2(4,5)1(6)7/h4-5,10-11,13,27H,2-3,6-9,14,23-24H2,1H3;2*(H,6,7)/q+1;;. The zero-order valence-corrected chi connectivity index (χ0v) is 28.7. The molecule has 7 N–H and O–H groups in total. The number of carboxylic acids is 2. The average molecular weight is 797 g/mol. The predicted octanol–water partition coefficient (Wildman–Crippen LogP) is 0.0840. The molecule has 3 aromatic rings. The first-order chi connectivity index (χ1) is 23.7. The third-order valence-electron chi connectivity index (χ3n) is 5.42. The minimum atomic E-state index is -5.19. The van der Waals surface area contributed by atoms with Crippen LogP contribution < -0.4 is 40.4 Å². The number of hydrogen-bond donors (Lipinski definition) is 3. The fraction of sp³-hybridized carbons (Fsp3) is 0.385. The van der Waals surface area contributed by atoms with E-state index in [-0.39, 0.29) is 15.7 Å². The molecule has 0 amide bonds. The summed E-state index contributed by atoms with van der Waals surface area (Å²) in [4.78, 5) is 21.4. The molecule has 0 aliphatic carbocycles. The van der Waals surface area contributed by atoms with Gasteiger partial charge < -0.3 is 40.7 Å². The molecular weight excluding hydrogens is 767 g/mol. The summed E-state index contributed by atoms with van der Waals surface area (Å²) in [5.74, 6) is -4.82. The monoisotopic (exact) mass is 796 g/mol. The van der Waals surface area contributed by atoms with Gasteiger partial charge in [-0.05, 0) is 30.7 Å². The third kappa shape index (κ3) is 15.6. The molecule has 16 nitrogen and oxygen atoms in total. The topological polar surface area (TPSA) is 272 Å². The summed E-state index contributed by atoms with van der Waals surface area (Å²) < 4.78 is 126. The second-order valence-electron chi connectivity index (χ2n) is 9.22. The maximum absolute atomic E-state index is 13.0. The summed E-state index contributed by atoms with van der Waals surface area (Å²) >= 11 is 1.08. The molecule has 0 bridgehead atoms. The van der Waals surface area contributed by atoms with Gasteiger partial charge in [0, 0.05) is 33.6 Å². The molecular formula is C26H29F6N5O11PS2+. The Labute approximate surface area is 289 Å². The number of ether oxygens (including phenoxy) is 2. The molecule has 3 rings (SSSR count). The molecule has 0 aliphatic rings. The first-order valence-corrected chi connectivity index (χ1v) is 17.2. The van der Waals surface area contributed by atoms with Gasteiger partial charge in [0.05, 0.1) is 32.5 Å². The molecule has 2 aromatic heterocycles. The van der Waals surface area contributed by atoms with E-state index in [1.807, 2.05) is 6.07 Å². The number of benzene rings is 1. The molecule has 282 valence electrons. The van der Waals surface area contributed by atoms with Crippen LogP contribution in [0.4, 0.5) is 26.3 Å². The molecule has 1 aromatic carbocycles. The van der Waals surface area contributed by atoms with Crippen LogP contribution in [-0.4, -0.2) is 70.7 Å². The summed E-state index contributed by atoms with van der Waals surface area (Å²) in [7, 11) is -6.67. The van der Waals surface area contributed by atoms with Crippen molar-refractivity contribution >= 4 is 51.6 Å². The smallest absolute Gasteiger partial charge is 0.542 e. The highest BCUT2D eigenvalue weighted by atomic mass is 32.2. The van der Waals surface area contributed by atoms with Crippen molar-refractivity contribution in [3.63, 3.8) is 0 Å². The number of quaternary nitrogens is 2. The molecule has 0 fully saturated rings. The molecule has 51 heavy (non-hydrogen) atoms. The van der Waals surface area contributed by atoms with Crippen LogP contribution in [0.1, 0.15) is 24.1 Å². The van der Waals surface area contributed by atoms with Gasteiger partial charge in [-0.3, -0.25) is 0 Å². The molecule has 0 saturated heterocycles. The second-order valence-corrected chi connectivity index (χ2v) is 13.1. The van der Waals surface area contributed by atoms with Gasteiger partial charge in [0.15, 0.2) is 18.2 Å². The highest BCUT2D eigenvalue weighted by Gasteiger charge is 2.30. The molecule has 1 unspecified atom stereocenters. The van der Waals surface area contributed by atoms with Gasteiger partial charge >= 0.3 is 20.6 Å². The van der Waals surface area contributed by atoms with Gasteiger partial charge in [-0.1, -0.05) is 4.52 Å². The number of nitriles is 1. The summed E-state index contributed by atoms with van der Waals surface area (Å²) in [5, 5.41) is 27.1. The Balaban J connectivity index is 0.000000780. The maximum atomic E-state index is 13.0. The number of carboxylic acid groups (broad SMARTS) is 2. The minimum absolute atomic E-state index is 0.0946. The normalized spacial score (nSPS) is 11.6. The molecule has 1 atom stereocenters. The molecule has 0 saturated carbocycles. The Morgan fingerprint density at radius 2 is 1.51 bits per heavy atom. The van der Waals surface area contributed by atoms with E-state index in [2.05, 4.69) is 21.2 Å². The number of alkyl halides is 6. The van der Waals surface area contributed by atoms with Crippen molar-refractivity contribution in [1.29, 1.82) is 5.26 Å². The number of carbonyl (C=O) groups excluding carboxylic acids is 2. The number of nitrogens with one attached hydrogen (secondary N) is 1. The third-order valence-corrected chi connectivity index (χ3v) is 9.37. The van der Waals surface area contributed by atoms with E-state index in [0.717, 1.165) is 47.4 Å². The van der Waals surface area contributed by atoms with Crippen molar-refractivity contribution in [2.24, 2.45) is 0 Å². The van der Waals surface area contributed by atoms with E-state index < -0.39 is 49.3 Å². The Hall–Kier alpha value is -4.37. The number of hydrogen-bond acceptors (Lipinski definition) is 14. The summed E-state index contributed by atoms with van der Waals surface area (Å²) in [5.41, 5.74) is 8.35. The van der Waals surface area contributed by atoms with Gasteiger partial charge in [-0.15, -0.1) is 11.3 Å². The molecule has 2 heterocycles. The fourth-order valence-corrected chi connectivity index (χ4v) is 6.37. The lowest BCUT2D eigenvalue weighted by Gasteiger charge is -2.12. The maximum Gasteiger partial charge on any atom is 0.751 e. The fourth-order valence-electron chi connectivity index (χ4n) is 3.09. The lowest BCUT2D eigenvalue weighted by molar-refractivity contribution is -0.369. The van der Waals surface area contributed by atoms with Crippen LogP contribution in [0.25, 0.3) is 10.1 Å². The number of carbonyl (C=O) groups is 2. The Morgan fingerprint density at radius 1 is 1.00 bits per heavy atom. The average Bonchev–Trinajstić information content (AvgIpc) is 3.37. The van der Waals surface area contributed by atoms with Crippen LogP contribution in [0, 0.1) is 18.3 Å². The minimum Gasteiger partial charge on any atom is -0.542 e. The van der Waals surface area contributed by atoms with E-state index in [1.54, 1.807) is 19.1 Å². The second kappa shape index (κ2) is 20.5. The number of nitrogens with zero attached hydrogens (tertiary/aromatic N) is 2. The number of sulfonamides is 1. The van der Waals surface area contributed by atoms with E-state index in [1.165, 1.54) is 18.3 Å². The van der Waals surface area contributed by atoms with Crippen molar-refractivity contribution < 1.29 is 89.1 Å². The van der Waals surface area contributed by atoms with Gasteiger partial charge in [0.25, 0.3) is 10.0 Å². The number of aromatic nitrogens is 1. The van der Waals surface area contributed by atoms with Crippen LogP contribution in [0.2, 0.25) is 0 Å². The zero-order valence-electron chi connectivity index (χ0n) is 26.2. The van der Waals surface area contributed by atoms with Gasteiger partial charge in [-0.2, -0.15) is 36.3 Å². The number of halogens is 6. The van der Waals surface area contributed by atoms with Crippen molar-refractivity contribution in [3.8, 4) is 23.3 Å². The SMILES string of the molecule is Cc1c(S(=O)(=O)NCO[P+](=O)Oc2ccc(C#N)nc2)sc2cc(OCCC[NH3+])c(OCCC[NH3+])cc12.O=C([O-])C(F)(F)F.O=C([O-])C(F)(F)F. The van der Waals surface area contributed by atoms with Gasteiger partial charge in [0.2, 0.25) is 5.75 Å². The van der Waals surface area contributed by atoms with Crippen LogP contribution >= 0.6 is 19.6 Å². The quantitative estimate of drug-likeness (QED) is 0.0797. The number of fused-ring (bicyclic) bond motifs is 1. The highest BCUT2D eigenvalue weighted by Crippen LogP contribution is 2.41. The Morgan fingerprint density at radius 3 is 1.94 bits per heavy atom. The number of aryl methyl sites for hydroxylation is 1. The predicted molar refractivity (Wildman–Crippen MR) is 158 cm³/mol. The summed E-state index contributed by atoms with van der Waals surface area (Å²) in [6, 6.07) is 8.21. The lowest BCUT2D eigenvalue weighted by Crippen LogP contribution is -2.50. The van der Waals surface area contributed by atoms with Crippen molar-refractivity contribution in [2.45, 2.75) is 36.3 Å². The van der Waals surface area contributed by atoms with Gasteiger partial charge in [0.1, 0.15) is 27.9 Å². The van der Waals surface area contributed by atoms with E-state index in [0.29, 0.717) is 30.3 Å². The summed E-state index contributed by atoms with van der Waals surface area (Å²) in [6.07, 6.45) is -7.62. The van der Waals surface area contributed by atoms with Crippen molar-refractivity contribution in [1.82, 2.24) is 9.71 Å². The number of thiophene rings is 1. The first kappa shape index (κ1) is 44.7. The largest absolute Gasteiger partial charge is 0.751 e. The van der Waals surface area contributed by atoms with Crippen molar-refractivity contribution in [2.75, 3.05) is 33.0 Å². The summed E-state index contributed by atoms with van der Waals surface area (Å²) in [6.45, 7) is 3.52. The van der Waals surface area contributed by atoms with Crippen LogP contribution in [-0.2, 0) is 28.7 Å². The lowest BCUT2D eigenvalue weighted by atomic mass is 10.2. The highest BCUT2D eigenvalue weighted by molar-refractivity contribution is 7.91. The number of rotatable bonds is 15. The van der Waals surface area contributed by atoms with E-state index >= 15 is 0 Å². The molecule has 0 radical (unpaired) electrons. The van der Waals surface area contributed by atoms with Crippen LogP contribution in [0.15, 0.2) is 34.7 Å². The molecule has 25 heteroatoms. The first-order valence-electron chi connectivity index (χ1n) is 13.8. The van der Waals surface area contributed by atoms with Crippen LogP contribution in [0.5, 0.6) is 17.2 Å². The van der Waals surface area contributed by atoms with Crippen molar-refractivity contribution in [3.05, 3.63) is 41.7 Å². The van der Waals surface area contributed by atoms with Gasteiger partial charge in [-0.25, -0.2) is 17.9 Å². The molecule has 0 spiro atoms. The molecule has 0 aliphatic heterocycles. The Bertz CT molecular complexity index is 1760. The van der Waals surface area contributed by atoms with Crippen LogP contribution in [0.3, 0.4) is 0 Å². The Kier molecular flexibility index (Phi) is 17.9. The van der Waals surface area contributed by atoms with E-state index in [4.69, 9.17) is 43.6 Å². The van der Waals surface area contributed by atoms with E-state index in [9.17, 15) is 39.3 Å². The zero-order chi connectivity index (χ0) is 39.0. The number of aliphatic carboxylic acids is 2. The number of pyridine rings is 1.